The Morgan fingerprint density at radius 1 is 1.42 bits per heavy atom. The predicted molar refractivity (Wildman–Crippen MR) is 114 cm³/mol. The van der Waals surface area contributed by atoms with Gasteiger partial charge in [0.2, 0.25) is 0 Å². The molecule has 0 spiro atoms. The fourth-order valence-corrected chi connectivity index (χ4v) is 3.12. The summed E-state index contributed by atoms with van der Waals surface area (Å²) in [5.41, 5.74) is 3.43. The fourth-order valence-electron chi connectivity index (χ4n) is 3.12. The third kappa shape index (κ3) is 5.18. The Morgan fingerprint density at radius 3 is 2.92 bits per heavy atom. The van der Waals surface area contributed by atoms with E-state index >= 15 is 0 Å². The average molecular weight is 471 g/mol. The van der Waals surface area contributed by atoms with Crippen molar-refractivity contribution in [2.45, 2.75) is 51.7 Å². The van der Waals surface area contributed by atoms with Gasteiger partial charge >= 0.3 is 0 Å². The van der Waals surface area contributed by atoms with Crippen LogP contribution in [0.3, 0.4) is 0 Å². The molecule has 0 saturated heterocycles. The molecule has 1 atom stereocenters. The van der Waals surface area contributed by atoms with Gasteiger partial charge in [0.15, 0.2) is 5.96 Å². The molecule has 0 fully saturated rings. The van der Waals surface area contributed by atoms with Crippen LogP contribution < -0.4 is 10.6 Å². The van der Waals surface area contributed by atoms with Crippen molar-refractivity contribution >= 4 is 29.9 Å². The molecule has 1 aliphatic rings. The second kappa shape index (κ2) is 9.34. The highest BCUT2D eigenvalue weighted by molar-refractivity contribution is 14.0. The van der Waals surface area contributed by atoms with E-state index < -0.39 is 0 Å². The van der Waals surface area contributed by atoms with E-state index in [1.165, 1.54) is 23.4 Å². The number of nitrogens with zero attached hydrogens (tertiary/aromatic N) is 3. The zero-order valence-corrected chi connectivity index (χ0v) is 17.8. The smallest absolute Gasteiger partial charge is 0.191 e. The number of aryl methyl sites for hydroxylation is 1. The molecule has 1 aromatic heterocycles. The molecule has 0 bridgehead atoms. The molecular formula is C19H27FIN5. The molecule has 1 aromatic carbocycles. The van der Waals surface area contributed by atoms with Crippen LogP contribution in [0.1, 0.15) is 43.1 Å². The van der Waals surface area contributed by atoms with E-state index in [0.717, 1.165) is 30.8 Å². The number of guanidine groups is 1. The minimum absolute atomic E-state index is 0. The van der Waals surface area contributed by atoms with Gasteiger partial charge in [-0.25, -0.2) is 4.39 Å². The van der Waals surface area contributed by atoms with E-state index in [1.807, 2.05) is 10.7 Å². The summed E-state index contributed by atoms with van der Waals surface area (Å²) in [5, 5.41) is 11.4. The highest BCUT2D eigenvalue weighted by Gasteiger charge is 2.22. The van der Waals surface area contributed by atoms with E-state index in [1.54, 1.807) is 13.1 Å². The molecule has 26 heavy (non-hydrogen) atoms. The van der Waals surface area contributed by atoms with Crippen LogP contribution in [0, 0.1) is 5.82 Å². The number of benzene rings is 1. The number of aliphatic imine (C=N–C) groups is 1. The first kappa shape index (κ1) is 20.7. The van der Waals surface area contributed by atoms with Crippen molar-refractivity contribution in [3.05, 3.63) is 53.1 Å². The van der Waals surface area contributed by atoms with Gasteiger partial charge in [-0.2, -0.15) is 5.10 Å². The number of hydrogen-bond acceptors (Lipinski definition) is 2. The Balaban J connectivity index is 0.00000243. The molecule has 1 aliphatic carbocycles. The number of halogens is 2. The van der Waals surface area contributed by atoms with Crippen molar-refractivity contribution in [3.63, 3.8) is 0 Å². The van der Waals surface area contributed by atoms with E-state index in [-0.39, 0.29) is 29.8 Å². The number of nitrogens with one attached hydrogen (secondary N) is 2. The maximum absolute atomic E-state index is 13.3. The fraction of sp³-hybridized carbons (Fsp3) is 0.474. The zero-order chi connectivity index (χ0) is 17.8. The summed E-state index contributed by atoms with van der Waals surface area (Å²) >= 11 is 0. The highest BCUT2D eigenvalue weighted by atomic mass is 127. The summed E-state index contributed by atoms with van der Waals surface area (Å²) < 4.78 is 15.3. The second-order valence-electron chi connectivity index (χ2n) is 6.81. The lowest BCUT2D eigenvalue weighted by Crippen LogP contribution is -2.45. The first-order valence-corrected chi connectivity index (χ1v) is 8.83. The molecule has 5 nitrogen and oxygen atoms in total. The molecule has 142 valence electrons. The number of hydrogen-bond donors (Lipinski definition) is 2. The second-order valence-corrected chi connectivity index (χ2v) is 6.81. The molecule has 2 aromatic rings. The normalized spacial score (nSPS) is 16.8. The van der Waals surface area contributed by atoms with Gasteiger partial charge in [0.05, 0.1) is 5.69 Å². The minimum Gasteiger partial charge on any atom is -0.353 e. The maximum Gasteiger partial charge on any atom is 0.191 e. The first-order valence-electron chi connectivity index (χ1n) is 8.83. The molecule has 1 unspecified atom stereocenters. The molecule has 0 aliphatic heterocycles. The van der Waals surface area contributed by atoms with Crippen LogP contribution in [0.2, 0.25) is 0 Å². The molecule has 0 radical (unpaired) electrons. The summed E-state index contributed by atoms with van der Waals surface area (Å²) in [6.45, 7) is 4.83. The van der Waals surface area contributed by atoms with Gasteiger partial charge in [-0.15, -0.1) is 24.0 Å². The molecule has 1 heterocycles. The Hall–Kier alpha value is -1.64. The number of fused-ring (bicyclic) bond motifs is 1. The Morgan fingerprint density at radius 2 is 2.23 bits per heavy atom. The Labute approximate surface area is 171 Å². The molecule has 7 heteroatoms. The number of rotatable bonds is 4. The maximum atomic E-state index is 13.3. The molecule has 0 saturated carbocycles. The van der Waals surface area contributed by atoms with Crippen LogP contribution in [0.25, 0.3) is 0 Å². The first-order chi connectivity index (χ1) is 12.0. The summed E-state index contributed by atoms with van der Waals surface area (Å²) in [5.74, 6) is 0.517. The number of aromatic nitrogens is 2. The lowest BCUT2D eigenvalue weighted by molar-refractivity contribution is 0.499. The van der Waals surface area contributed by atoms with Gasteiger partial charge < -0.3 is 10.6 Å². The predicted octanol–water partition coefficient (Wildman–Crippen LogP) is 3.44. The van der Waals surface area contributed by atoms with E-state index in [9.17, 15) is 4.39 Å². The Kier molecular flexibility index (Phi) is 7.43. The monoisotopic (exact) mass is 471 g/mol. The summed E-state index contributed by atoms with van der Waals surface area (Å²) in [6, 6.07) is 7.29. The average Bonchev–Trinajstić information content (AvgIpc) is 3.02. The standard InChI is InChI=1S/C19H26FN5.HI/c1-13(2)25-12-15-7-8-17(10-18(15)24-25)23-19(21-3)22-11-14-5-4-6-16(20)9-14;/h4-6,9,12-13,17H,7-8,10-11H2,1-3H3,(H2,21,22,23);1H. The SMILES string of the molecule is CN=C(NCc1cccc(F)c1)NC1CCc2cn(C(C)C)nc2C1.I. The van der Waals surface area contributed by atoms with Gasteiger partial charge in [0.1, 0.15) is 5.82 Å². The van der Waals surface area contributed by atoms with E-state index in [0.29, 0.717) is 18.6 Å². The van der Waals surface area contributed by atoms with E-state index in [4.69, 9.17) is 5.10 Å². The third-order valence-electron chi connectivity index (χ3n) is 4.54. The van der Waals surface area contributed by atoms with Crippen molar-refractivity contribution in [2.75, 3.05) is 7.05 Å². The van der Waals surface area contributed by atoms with Crippen molar-refractivity contribution in [3.8, 4) is 0 Å². The summed E-state index contributed by atoms with van der Waals surface area (Å²) in [7, 11) is 1.75. The van der Waals surface area contributed by atoms with Crippen molar-refractivity contribution in [1.29, 1.82) is 0 Å². The lowest BCUT2D eigenvalue weighted by Gasteiger charge is -2.24. The topological polar surface area (TPSA) is 54.2 Å². The van der Waals surface area contributed by atoms with Crippen LogP contribution in [0.4, 0.5) is 4.39 Å². The van der Waals surface area contributed by atoms with Crippen LogP contribution in [-0.2, 0) is 19.4 Å². The van der Waals surface area contributed by atoms with Gasteiger partial charge in [0.25, 0.3) is 0 Å². The van der Waals surface area contributed by atoms with E-state index in [2.05, 4.69) is 35.7 Å². The quantitative estimate of drug-likeness (QED) is 0.408. The van der Waals surface area contributed by atoms with Crippen molar-refractivity contribution in [1.82, 2.24) is 20.4 Å². The van der Waals surface area contributed by atoms with Crippen molar-refractivity contribution < 1.29 is 4.39 Å². The van der Waals surface area contributed by atoms with Crippen LogP contribution >= 0.6 is 24.0 Å². The largest absolute Gasteiger partial charge is 0.353 e. The molecule has 2 N–H and O–H groups in total. The molecular weight excluding hydrogens is 444 g/mol. The van der Waals surface area contributed by atoms with Crippen molar-refractivity contribution in [2.24, 2.45) is 4.99 Å². The van der Waals surface area contributed by atoms with Crippen LogP contribution in [-0.4, -0.2) is 28.8 Å². The minimum atomic E-state index is -0.220. The summed E-state index contributed by atoms with van der Waals surface area (Å²) in [6.07, 6.45) is 5.15. The third-order valence-corrected chi connectivity index (χ3v) is 4.54. The van der Waals surface area contributed by atoms with Gasteiger partial charge in [-0.3, -0.25) is 9.67 Å². The summed E-state index contributed by atoms with van der Waals surface area (Å²) in [4.78, 5) is 4.28. The van der Waals surface area contributed by atoms with Gasteiger partial charge in [0, 0.05) is 38.3 Å². The zero-order valence-electron chi connectivity index (χ0n) is 15.5. The van der Waals surface area contributed by atoms with Gasteiger partial charge in [-0.1, -0.05) is 12.1 Å². The van der Waals surface area contributed by atoms with Crippen LogP contribution in [0.15, 0.2) is 35.5 Å². The lowest BCUT2D eigenvalue weighted by atomic mass is 9.94. The molecule has 3 rings (SSSR count). The highest BCUT2D eigenvalue weighted by Crippen LogP contribution is 2.21. The Bertz CT molecular complexity index is 756. The molecule has 0 amide bonds. The van der Waals surface area contributed by atoms with Crippen LogP contribution in [0.5, 0.6) is 0 Å². The van der Waals surface area contributed by atoms with Gasteiger partial charge in [-0.05, 0) is 49.9 Å².